The number of aromatic nitrogens is 4. The van der Waals surface area contributed by atoms with Gasteiger partial charge in [-0.2, -0.15) is 4.68 Å². The van der Waals surface area contributed by atoms with E-state index in [4.69, 9.17) is 10.1 Å². The number of pyridine rings is 1. The Labute approximate surface area is 161 Å². The van der Waals surface area contributed by atoms with E-state index in [2.05, 4.69) is 10.3 Å². The average Bonchev–Trinajstić information content (AvgIpc) is 3.31. The number of rotatable bonds is 4. The smallest absolute Gasteiger partial charge is 0.252 e. The highest BCUT2D eigenvalue weighted by molar-refractivity contribution is 5.99. The van der Waals surface area contributed by atoms with E-state index in [1.807, 2.05) is 72.8 Å². The minimum atomic E-state index is -0.140. The predicted octanol–water partition coefficient (Wildman–Crippen LogP) is 3.36. The van der Waals surface area contributed by atoms with Crippen molar-refractivity contribution in [1.82, 2.24) is 25.1 Å². The Morgan fingerprint density at radius 3 is 2.54 bits per heavy atom. The molecule has 2 aromatic heterocycles. The van der Waals surface area contributed by atoms with Gasteiger partial charge in [0.05, 0.1) is 6.04 Å². The number of amides is 1. The third-order valence-electron chi connectivity index (χ3n) is 4.85. The summed E-state index contributed by atoms with van der Waals surface area (Å²) in [5.41, 5.74) is 2.65. The third kappa shape index (κ3) is 2.85. The van der Waals surface area contributed by atoms with Crippen molar-refractivity contribution in [1.29, 1.82) is 0 Å². The number of carbonyl (C=O) groups excluding carboxylic acids is 1. The van der Waals surface area contributed by atoms with Gasteiger partial charge in [-0.1, -0.05) is 54.6 Å². The summed E-state index contributed by atoms with van der Waals surface area (Å²) in [7, 11) is 0. The second kappa shape index (κ2) is 6.74. The van der Waals surface area contributed by atoms with Gasteiger partial charge >= 0.3 is 0 Å². The van der Waals surface area contributed by atoms with Crippen LogP contribution in [0.5, 0.6) is 0 Å². The highest BCUT2D eigenvalue weighted by Crippen LogP contribution is 2.28. The van der Waals surface area contributed by atoms with Gasteiger partial charge in [0.25, 0.3) is 5.91 Å². The van der Waals surface area contributed by atoms with Crippen LogP contribution in [-0.2, 0) is 6.42 Å². The zero-order valence-electron chi connectivity index (χ0n) is 15.0. The van der Waals surface area contributed by atoms with Crippen LogP contribution in [-0.4, -0.2) is 25.7 Å². The normalized spacial score (nSPS) is 15.3. The van der Waals surface area contributed by atoms with E-state index in [1.165, 1.54) is 0 Å². The molecule has 0 bridgehead atoms. The fourth-order valence-electron chi connectivity index (χ4n) is 3.51. The molecule has 6 nitrogen and oxygen atoms in total. The van der Waals surface area contributed by atoms with E-state index in [-0.39, 0.29) is 11.9 Å². The molecule has 1 aliphatic heterocycles. The summed E-state index contributed by atoms with van der Waals surface area (Å²) in [6, 6.07) is 23.1. The predicted molar refractivity (Wildman–Crippen MR) is 105 cm³/mol. The van der Waals surface area contributed by atoms with Gasteiger partial charge in [-0.15, -0.1) is 5.10 Å². The van der Waals surface area contributed by atoms with Crippen molar-refractivity contribution in [2.75, 3.05) is 0 Å². The van der Waals surface area contributed by atoms with Crippen molar-refractivity contribution in [3.63, 3.8) is 0 Å². The van der Waals surface area contributed by atoms with Gasteiger partial charge in [0.2, 0.25) is 0 Å². The van der Waals surface area contributed by atoms with E-state index < -0.39 is 0 Å². The lowest BCUT2D eigenvalue weighted by molar-refractivity contribution is 0.0956. The van der Waals surface area contributed by atoms with E-state index in [9.17, 15) is 4.79 Å². The average molecular weight is 367 g/mol. The molecule has 1 atom stereocenters. The zero-order valence-corrected chi connectivity index (χ0v) is 15.0. The summed E-state index contributed by atoms with van der Waals surface area (Å²) in [6.45, 7) is 0. The number of hydrogen-bond acceptors (Lipinski definition) is 4. The van der Waals surface area contributed by atoms with Crippen LogP contribution < -0.4 is 5.32 Å². The Kier molecular flexibility index (Phi) is 3.94. The Morgan fingerprint density at radius 2 is 1.71 bits per heavy atom. The monoisotopic (exact) mass is 367 g/mol. The summed E-state index contributed by atoms with van der Waals surface area (Å²) >= 11 is 0. The minimum absolute atomic E-state index is 0.0483. The lowest BCUT2D eigenvalue weighted by Crippen LogP contribution is -2.22. The SMILES string of the molecule is O=C1N[C@@H](Cc2nc(-c3ccccc3)nn2-c2ccccn2)c2ccccc21. The van der Waals surface area contributed by atoms with Gasteiger partial charge in [0.1, 0.15) is 5.82 Å². The number of carbonyl (C=O) groups is 1. The molecule has 2 aromatic carbocycles. The molecule has 5 rings (SSSR count). The molecule has 136 valence electrons. The first kappa shape index (κ1) is 16.4. The van der Waals surface area contributed by atoms with Crippen LogP contribution in [0.15, 0.2) is 79.0 Å². The first-order chi connectivity index (χ1) is 13.8. The van der Waals surface area contributed by atoms with Gasteiger partial charge in [-0.3, -0.25) is 4.79 Å². The lowest BCUT2D eigenvalue weighted by atomic mass is 10.0. The molecule has 6 heteroatoms. The maximum absolute atomic E-state index is 12.3. The molecule has 1 amide bonds. The topological polar surface area (TPSA) is 72.7 Å². The van der Waals surface area contributed by atoms with E-state index in [0.29, 0.717) is 18.1 Å². The molecule has 0 saturated heterocycles. The van der Waals surface area contributed by atoms with Crippen molar-refractivity contribution in [3.8, 4) is 17.2 Å². The van der Waals surface area contributed by atoms with Crippen LogP contribution in [0.4, 0.5) is 0 Å². The molecule has 28 heavy (non-hydrogen) atoms. The zero-order chi connectivity index (χ0) is 18.9. The van der Waals surface area contributed by atoms with Crippen LogP contribution >= 0.6 is 0 Å². The minimum Gasteiger partial charge on any atom is -0.345 e. The second-order valence-corrected chi connectivity index (χ2v) is 6.63. The molecule has 4 aromatic rings. The van der Waals surface area contributed by atoms with Crippen LogP contribution in [0.2, 0.25) is 0 Å². The number of fused-ring (bicyclic) bond motifs is 1. The van der Waals surface area contributed by atoms with Gasteiger partial charge in [-0.05, 0) is 23.8 Å². The van der Waals surface area contributed by atoms with Crippen molar-refractivity contribution in [2.24, 2.45) is 0 Å². The molecule has 0 saturated carbocycles. The van der Waals surface area contributed by atoms with Crippen molar-refractivity contribution < 1.29 is 4.79 Å². The molecule has 1 N–H and O–H groups in total. The Balaban J connectivity index is 1.57. The largest absolute Gasteiger partial charge is 0.345 e. The van der Waals surface area contributed by atoms with Gasteiger partial charge < -0.3 is 5.32 Å². The Hall–Kier alpha value is -3.80. The summed E-state index contributed by atoms with van der Waals surface area (Å²) in [5, 5.41) is 7.75. The van der Waals surface area contributed by atoms with E-state index in [1.54, 1.807) is 10.9 Å². The maximum Gasteiger partial charge on any atom is 0.252 e. The number of nitrogens with one attached hydrogen (secondary N) is 1. The number of nitrogens with zero attached hydrogens (tertiary/aromatic N) is 4. The molecular weight excluding hydrogens is 350 g/mol. The molecule has 0 unspecified atom stereocenters. The summed E-state index contributed by atoms with van der Waals surface area (Å²) in [6.07, 6.45) is 2.26. The highest BCUT2D eigenvalue weighted by Gasteiger charge is 2.30. The first-order valence-electron chi connectivity index (χ1n) is 9.12. The standard InChI is InChI=1S/C22H17N5O/c28-22-17-11-5-4-10-16(17)18(24-22)14-20-25-21(15-8-2-1-3-9-15)26-27(20)19-12-6-7-13-23-19/h1-13,18H,14H2,(H,24,28)/t18-/m0/s1. The molecule has 3 heterocycles. The summed E-state index contributed by atoms with van der Waals surface area (Å²) in [4.78, 5) is 21.5. The van der Waals surface area contributed by atoms with Crippen LogP contribution in [0.25, 0.3) is 17.2 Å². The number of hydrogen-bond donors (Lipinski definition) is 1. The van der Waals surface area contributed by atoms with Gasteiger partial charge in [0, 0.05) is 23.7 Å². The Morgan fingerprint density at radius 1 is 0.929 bits per heavy atom. The number of benzene rings is 2. The molecule has 0 spiro atoms. The first-order valence-corrected chi connectivity index (χ1v) is 9.12. The molecule has 0 radical (unpaired) electrons. The highest BCUT2D eigenvalue weighted by atomic mass is 16.2. The van der Waals surface area contributed by atoms with Crippen LogP contribution in [0.1, 0.15) is 27.8 Å². The quantitative estimate of drug-likeness (QED) is 0.600. The Bertz CT molecular complexity index is 1140. The van der Waals surface area contributed by atoms with Gasteiger partial charge in [0.15, 0.2) is 11.6 Å². The lowest BCUT2D eigenvalue weighted by Gasteiger charge is -2.11. The molecular formula is C22H17N5O. The van der Waals surface area contributed by atoms with Crippen LogP contribution in [0, 0.1) is 0 Å². The molecule has 0 fully saturated rings. The fraction of sp³-hybridized carbons (Fsp3) is 0.0909. The maximum atomic E-state index is 12.3. The second-order valence-electron chi connectivity index (χ2n) is 6.63. The van der Waals surface area contributed by atoms with Crippen molar-refractivity contribution in [3.05, 3.63) is 95.9 Å². The van der Waals surface area contributed by atoms with Gasteiger partial charge in [-0.25, -0.2) is 9.97 Å². The van der Waals surface area contributed by atoms with Crippen molar-refractivity contribution in [2.45, 2.75) is 12.5 Å². The van der Waals surface area contributed by atoms with Crippen molar-refractivity contribution >= 4 is 5.91 Å². The summed E-state index contributed by atoms with van der Waals surface area (Å²) < 4.78 is 1.76. The summed E-state index contributed by atoms with van der Waals surface area (Å²) in [5.74, 6) is 2.04. The molecule has 1 aliphatic rings. The van der Waals surface area contributed by atoms with E-state index in [0.717, 1.165) is 22.5 Å². The fourth-order valence-corrected chi connectivity index (χ4v) is 3.51. The third-order valence-corrected chi connectivity index (χ3v) is 4.85. The van der Waals surface area contributed by atoms with Crippen LogP contribution in [0.3, 0.4) is 0 Å². The molecule has 0 aliphatic carbocycles. The van der Waals surface area contributed by atoms with E-state index >= 15 is 0 Å².